The van der Waals surface area contributed by atoms with Crippen LogP contribution in [-0.4, -0.2) is 13.0 Å². The van der Waals surface area contributed by atoms with Crippen molar-refractivity contribution in [3.63, 3.8) is 0 Å². The lowest BCUT2D eigenvalue weighted by Gasteiger charge is -2.13. The molecule has 4 heteroatoms. The first-order valence-corrected chi connectivity index (χ1v) is 21.4. The van der Waals surface area contributed by atoms with Crippen molar-refractivity contribution in [2.75, 3.05) is 0 Å². The van der Waals surface area contributed by atoms with Crippen molar-refractivity contribution in [3.8, 4) is 0 Å². The summed E-state index contributed by atoms with van der Waals surface area (Å²) >= 11 is 0. The molecule has 0 aromatic heterocycles. The molecule has 0 amide bonds. The van der Waals surface area contributed by atoms with Gasteiger partial charge in [-0.1, -0.05) is 199 Å². The molecule has 264 valence electrons. The Balaban J connectivity index is 1.71. The number of hydrogen-bond acceptors (Lipinski definition) is 2. The SMILES string of the molecule is CCCCCCCCCCCCCCCCc1cc(CCCCCCCCCCCCCCCC)c2cccc(S(=O)(=O)O)c2c1. The van der Waals surface area contributed by atoms with E-state index in [-0.39, 0.29) is 4.90 Å². The predicted molar refractivity (Wildman–Crippen MR) is 202 cm³/mol. The number of rotatable bonds is 31. The molecule has 0 bridgehead atoms. The Morgan fingerprint density at radius 3 is 1.22 bits per heavy atom. The molecule has 0 aliphatic rings. The molecule has 0 saturated carbocycles. The number of hydrogen-bond donors (Lipinski definition) is 1. The second kappa shape index (κ2) is 26.6. The summed E-state index contributed by atoms with van der Waals surface area (Å²) in [6, 6.07) is 9.69. The molecule has 0 heterocycles. The standard InChI is InChI=1S/C42H72O3S/c1-3-5-7-9-11-13-15-17-19-21-23-25-27-29-32-38-36-39(40-34-31-35-42(41(40)37-38)46(43,44)45)33-30-28-26-24-22-20-18-16-14-12-10-8-6-4-2/h31,34-37H,3-30,32-33H2,1-2H3,(H,43,44,45). The van der Waals surface area contributed by atoms with Gasteiger partial charge < -0.3 is 0 Å². The zero-order chi connectivity index (χ0) is 33.1. The molecule has 0 spiro atoms. The van der Waals surface area contributed by atoms with Crippen LogP contribution in [0.4, 0.5) is 0 Å². The van der Waals surface area contributed by atoms with Crippen LogP contribution in [0.15, 0.2) is 35.2 Å². The fourth-order valence-corrected chi connectivity index (χ4v) is 7.81. The molecule has 2 aromatic rings. The fraction of sp³-hybridized carbons (Fsp3) is 0.762. The van der Waals surface area contributed by atoms with Crippen LogP contribution in [0.1, 0.15) is 205 Å². The predicted octanol–water partition coefficient (Wildman–Crippen LogP) is 14.1. The Kier molecular flexibility index (Phi) is 23.5. The summed E-state index contributed by atoms with van der Waals surface area (Å²) in [6.07, 6.45) is 39.7. The molecule has 0 fully saturated rings. The monoisotopic (exact) mass is 657 g/mol. The average Bonchev–Trinajstić information content (AvgIpc) is 3.04. The highest BCUT2D eigenvalue weighted by Gasteiger charge is 2.16. The van der Waals surface area contributed by atoms with Crippen LogP contribution in [0.3, 0.4) is 0 Å². The summed E-state index contributed by atoms with van der Waals surface area (Å²) in [5.41, 5.74) is 2.45. The zero-order valence-electron chi connectivity index (χ0n) is 30.3. The van der Waals surface area contributed by atoms with E-state index < -0.39 is 10.1 Å². The molecule has 0 aliphatic carbocycles. The topological polar surface area (TPSA) is 54.4 Å². The normalized spacial score (nSPS) is 12.0. The van der Waals surface area contributed by atoms with Crippen LogP contribution in [0.5, 0.6) is 0 Å². The maximum absolute atomic E-state index is 12.2. The Bertz CT molecular complexity index is 1120. The summed E-state index contributed by atoms with van der Waals surface area (Å²) < 4.78 is 34.4. The quantitative estimate of drug-likeness (QED) is 0.0649. The molecule has 46 heavy (non-hydrogen) atoms. The van der Waals surface area contributed by atoms with E-state index in [2.05, 4.69) is 19.9 Å². The van der Waals surface area contributed by atoms with E-state index in [0.717, 1.165) is 31.1 Å². The van der Waals surface area contributed by atoms with E-state index in [1.807, 2.05) is 12.1 Å². The molecule has 0 aliphatic heterocycles. The summed E-state index contributed by atoms with van der Waals surface area (Å²) in [5.74, 6) is 0. The highest BCUT2D eigenvalue weighted by Crippen LogP contribution is 2.30. The van der Waals surface area contributed by atoms with Crippen LogP contribution < -0.4 is 0 Å². The van der Waals surface area contributed by atoms with Crippen LogP contribution >= 0.6 is 0 Å². The van der Waals surface area contributed by atoms with Crippen molar-refractivity contribution < 1.29 is 13.0 Å². The van der Waals surface area contributed by atoms with Gasteiger partial charge in [0.2, 0.25) is 0 Å². The Hall–Kier alpha value is -1.39. The van der Waals surface area contributed by atoms with Gasteiger partial charge in [-0.15, -0.1) is 0 Å². The first-order valence-electron chi connectivity index (χ1n) is 20.0. The van der Waals surface area contributed by atoms with Crippen LogP contribution in [0, 0.1) is 0 Å². The van der Waals surface area contributed by atoms with E-state index in [4.69, 9.17) is 0 Å². The Morgan fingerprint density at radius 1 is 0.457 bits per heavy atom. The van der Waals surface area contributed by atoms with Gasteiger partial charge in [0, 0.05) is 5.39 Å². The minimum atomic E-state index is -4.26. The Labute approximate surface area is 285 Å². The van der Waals surface area contributed by atoms with Gasteiger partial charge in [-0.05, 0) is 54.3 Å². The third-order valence-electron chi connectivity index (χ3n) is 10.00. The Morgan fingerprint density at radius 2 is 0.826 bits per heavy atom. The first kappa shape index (κ1) is 40.8. The van der Waals surface area contributed by atoms with Gasteiger partial charge in [-0.2, -0.15) is 8.42 Å². The maximum Gasteiger partial charge on any atom is 0.295 e. The first-order chi connectivity index (χ1) is 22.5. The molecular formula is C42H72O3S. The summed E-state index contributed by atoms with van der Waals surface area (Å²) in [6.45, 7) is 4.56. The molecule has 0 radical (unpaired) electrons. The molecule has 2 rings (SSSR count). The van der Waals surface area contributed by atoms with Crippen molar-refractivity contribution in [1.29, 1.82) is 0 Å². The molecule has 1 N–H and O–H groups in total. The van der Waals surface area contributed by atoms with Crippen molar-refractivity contribution in [3.05, 3.63) is 41.5 Å². The van der Waals surface area contributed by atoms with Gasteiger partial charge in [0.1, 0.15) is 4.90 Å². The van der Waals surface area contributed by atoms with Gasteiger partial charge in [-0.3, -0.25) is 4.55 Å². The summed E-state index contributed by atoms with van der Waals surface area (Å²) in [5, 5.41) is 1.67. The number of aryl methyl sites for hydroxylation is 2. The van der Waals surface area contributed by atoms with Gasteiger partial charge in [0.15, 0.2) is 0 Å². The van der Waals surface area contributed by atoms with Crippen molar-refractivity contribution >= 4 is 20.9 Å². The number of fused-ring (bicyclic) bond motifs is 1. The molecule has 0 atom stereocenters. The zero-order valence-corrected chi connectivity index (χ0v) is 31.1. The second-order valence-corrected chi connectivity index (χ2v) is 15.7. The van der Waals surface area contributed by atoms with Crippen LogP contribution in [-0.2, 0) is 23.0 Å². The van der Waals surface area contributed by atoms with Gasteiger partial charge in [0.05, 0.1) is 0 Å². The maximum atomic E-state index is 12.2. The van der Waals surface area contributed by atoms with E-state index in [1.165, 1.54) is 178 Å². The van der Waals surface area contributed by atoms with Crippen LogP contribution in [0.2, 0.25) is 0 Å². The third kappa shape index (κ3) is 18.8. The minimum Gasteiger partial charge on any atom is -0.282 e. The highest BCUT2D eigenvalue weighted by atomic mass is 32.2. The number of benzene rings is 2. The second-order valence-electron chi connectivity index (χ2n) is 14.3. The average molecular weight is 657 g/mol. The van der Waals surface area contributed by atoms with Gasteiger partial charge in [-0.25, -0.2) is 0 Å². The highest BCUT2D eigenvalue weighted by molar-refractivity contribution is 7.86. The molecule has 0 unspecified atom stereocenters. The number of unbranched alkanes of at least 4 members (excludes halogenated alkanes) is 26. The molecular weight excluding hydrogens is 585 g/mol. The lowest BCUT2D eigenvalue weighted by atomic mass is 9.94. The largest absolute Gasteiger partial charge is 0.295 e. The molecule has 2 aromatic carbocycles. The minimum absolute atomic E-state index is 0.0509. The van der Waals surface area contributed by atoms with Crippen molar-refractivity contribution in [1.82, 2.24) is 0 Å². The van der Waals surface area contributed by atoms with Gasteiger partial charge in [0.25, 0.3) is 10.1 Å². The van der Waals surface area contributed by atoms with Gasteiger partial charge >= 0.3 is 0 Å². The summed E-state index contributed by atoms with van der Waals surface area (Å²) in [7, 11) is -4.26. The van der Waals surface area contributed by atoms with Crippen molar-refractivity contribution in [2.45, 2.75) is 211 Å². The fourth-order valence-electron chi connectivity index (χ4n) is 7.11. The third-order valence-corrected chi connectivity index (χ3v) is 10.9. The van der Waals surface area contributed by atoms with E-state index >= 15 is 0 Å². The lowest BCUT2D eigenvalue weighted by molar-refractivity contribution is 0.484. The van der Waals surface area contributed by atoms with Crippen LogP contribution in [0.25, 0.3) is 10.8 Å². The summed E-state index contributed by atoms with van der Waals surface area (Å²) in [4.78, 5) is 0.0509. The van der Waals surface area contributed by atoms with E-state index in [0.29, 0.717) is 5.39 Å². The molecule has 3 nitrogen and oxygen atoms in total. The molecule has 0 saturated heterocycles. The van der Waals surface area contributed by atoms with E-state index in [1.54, 1.807) is 12.1 Å². The lowest BCUT2D eigenvalue weighted by Crippen LogP contribution is -2.01. The van der Waals surface area contributed by atoms with E-state index in [9.17, 15) is 13.0 Å². The smallest absolute Gasteiger partial charge is 0.282 e. The van der Waals surface area contributed by atoms with Crippen molar-refractivity contribution in [2.24, 2.45) is 0 Å².